The van der Waals surface area contributed by atoms with E-state index >= 15 is 0 Å². The van der Waals surface area contributed by atoms with Crippen LogP contribution in [0.5, 0.6) is 0 Å². The Balaban J connectivity index is 0.000000398. The molecule has 14 heteroatoms. The van der Waals surface area contributed by atoms with Crippen molar-refractivity contribution in [3.05, 3.63) is 41.7 Å². The molecule has 1 aromatic carbocycles. The van der Waals surface area contributed by atoms with Crippen LogP contribution in [0, 0.1) is 5.92 Å². The maximum Gasteiger partial charge on any atom is 0.389 e. The minimum absolute atomic E-state index is 0.106. The van der Waals surface area contributed by atoms with Gasteiger partial charge in [-0.3, -0.25) is 9.59 Å². The summed E-state index contributed by atoms with van der Waals surface area (Å²) in [7, 11) is 0. The number of benzene rings is 1. The van der Waals surface area contributed by atoms with Gasteiger partial charge in [-0.2, -0.15) is 18.3 Å². The van der Waals surface area contributed by atoms with Crippen LogP contribution >= 0.6 is 0 Å². The Bertz CT molecular complexity index is 1290. The first-order chi connectivity index (χ1) is 19.0. The van der Waals surface area contributed by atoms with Crippen LogP contribution in [0.4, 0.5) is 22.0 Å². The fourth-order valence-electron chi connectivity index (χ4n) is 4.28. The number of carbonyl (C=O) groups excluding carboxylic acids is 2. The van der Waals surface area contributed by atoms with Gasteiger partial charge in [-0.25, -0.2) is 23.4 Å². The third-order valence-corrected chi connectivity index (χ3v) is 6.67. The molecule has 0 spiro atoms. The zero-order valence-electron chi connectivity index (χ0n) is 21.9. The van der Waals surface area contributed by atoms with Crippen molar-refractivity contribution in [2.75, 3.05) is 0 Å². The highest BCUT2D eigenvalue weighted by Crippen LogP contribution is 2.32. The van der Waals surface area contributed by atoms with Crippen LogP contribution in [0.25, 0.3) is 11.0 Å². The predicted molar refractivity (Wildman–Crippen MR) is 135 cm³/mol. The number of carbonyl (C=O) groups is 2. The van der Waals surface area contributed by atoms with Gasteiger partial charge in [0.15, 0.2) is 0 Å². The lowest BCUT2D eigenvalue weighted by molar-refractivity contribution is -0.144. The molecule has 2 aromatic heterocycles. The summed E-state index contributed by atoms with van der Waals surface area (Å²) in [5.41, 5.74) is 2.07. The zero-order chi connectivity index (χ0) is 28.8. The van der Waals surface area contributed by atoms with E-state index in [1.165, 1.54) is 6.33 Å². The third-order valence-electron chi connectivity index (χ3n) is 6.67. The van der Waals surface area contributed by atoms with Gasteiger partial charge < -0.3 is 15.6 Å². The lowest BCUT2D eigenvalue weighted by Crippen LogP contribution is -2.27. The minimum atomic E-state index is -4.36. The number of halogens is 5. The highest BCUT2D eigenvalue weighted by molar-refractivity contribution is 5.90. The summed E-state index contributed by atoms with van der Waals surface area (Å²) in [6, 6.07) is 5.22. The van der Waals surface area contributed by atoms with Crippen molar-refractivity contribution in [1.82, 2.24) is 35.4 Å². The molecule has 2 fully saturated rings. The lowest BCUT2D eigenvalue weighted by Gasteiger charge is -2.20. The Labute approximate surface area is 227 Å². The quantitative estimate of drug-likeness (QED) is 0.312. The maximum atomic E-state index is 12.4. The number of nitrogens with one attached hydrogen (secondary N) is 3. The molecule has 0 unspecified atom stereocenters. The molecule has 218 valence electrons. The number of hydrogen-bond acceptors (Lipinski definition) is 5. The second-order valence-electron chi connectivity index (χ2n) is 10.2. The molecule has 2 aliphatic rings. The monoisotopic (exact) mass is 569 g/mol. The summed E-state index contributed by atoms with van der Waals surface area (Å²) in [5, 5.41) is 9.35. The summed E-state index contributed by atoms with van der Waals surface area (Å²) in [6.45, 7) is 0.949. The molecule has 9 nitrogen and oxygen atoms in total. The summed E-state index contributed by atoms with van der Waals surface area (Å²) in [4.78, 5) is 35.6. The number of H-pyrrole nitrogens is 1. The van der Waals surface area contributed by atoms with Crippen LogP contribution < -0.4 is 10.6 Å². The number of nitrogens with zero attached hydrogens (tertiary/aromatic N) is 4. The summed E-state index contributed by atoms with van der Waals surface area (Å²) < 4.78 is 62.6. The first-order valence-corrected chi connectivity index (χ1v) is 13.3. The number of rotatable bonds is 9. The van der Waals surface area contributed by atoms with E-state index in [4.69, 9.17) is 0 Å². The number of alkyl halides is 5. The summed E-state index contributed by atoms with van der Waals surface area (Å²) in [5.74, 6) is -1.97. The molecule has 2 saturated carbocycles. The SMILES string of the molecule is FC1(F)CCCCC1.O=C(CCC(F)(F)F)NCc1ccc2nc(CNC(=O)c3ncnn3CC3CC3)[nH]c2c1. The van der Waals surface area contributed by atoms with E-state index < -0.39 is 30.8 Å². The average molecular weight is 570 g/mol. The fourth-order valence-corrected chi connectivity index (χ4v) is 4.28. The van der Waals surface area contributed by atoms with Gasteiger partial charge in [0.05, 0.1) is 24.0 Å². The van der Waals surface area contributed by atoms with Crippen molar-refractivity contribution in [1.29, 1.82) is 0 Å². The largest absolute Gasteiger partial charge is 0.389 e. The van der Waals surface area contributed by atoms with Gasteiger partial charge in [0.2, 0.25) is 17.7 Å². The molecule has 3 aromatic rings. The normalized spacial score (nSPS) is 16.7. The molecule has 2 amide bonds. The highest BCUT2D eigenvalue weighted by atomic mass is 19.4. The van der Waals surface area contributed by atoms with Crippen molar-refractivity contribution >= 4 is 22.8 Å². The standard InChI is InChI=1S/C20H22F3N7O2.C6H10F2/c21-20(22,23)6-5-17(31)24-8-13-3-4-14-15(7-13)29-16(28-14)9-25-19(32)18-26-11-27-30(18)10-12-1-2-12;7-6(8)4-2-1-3-5-6/h3-4,7,11-12H,1-2,5-6,8-10H2,(H,24,31)(H,25,32)(H,28,29);1-5H2. The number of fused-ring (bicyclic) bond motifs is 1. The van der Waals surface area contributed by atoms with Crippen LogP contribution in [0.1, 0.15) is 79.8 Å². The van der Waals surface area contributed by atoms with E-state index in [2.05, 4.69) is 30.7 Å². The Morgan fingerprint density at radius 2 is 1.82 bits per heavy atom. The van der Waals surface area contributed by atoms with Crippen molar-refractivity contribution in [2.45, 2.75) is 89.5 Å². The number of aromatic amines is 1. The van der Waals surface area contributed by atoms with Crippen molar-refractivity contribution < 1.29 is 31.5 Å². The molecule has 5 rings (SSSR count). The van der Waals surface area contributed by atoms with Gasteiger partial charge in [0.25, 0.3) is 5.91 Å². The van der Waals surface area contributed by atoms with Gasteiger partial charge >= 0.3 is 6.18 Å². The molecular weight excluding hydrogens is 537 g/mol. The van der Waals surface area contributed by atoms with Crippen molar-refractivity contribution in [3.8, 4) is 0 Å². The van der Waals surface area contributed by atoms with Crippen LogP contribution in [-0.2, 0) is 24.4 Å². The Morgan fingerprint density at radius 1 is 1.07 bits per heavy atom. The fraction of sp³-hybridized carbons (Fsp3) is 0.577. The molecule has 0 radical (unpaired) electrons. The second-order valence-corrected chi connectivity index (χ2v) is 10.2. The molecule has 0 atom stereocenters. The topological polar surface area (TPSA) is 118 Å². The molecule has 2 aliphatic carbocycles. The first kappa shape index (κ1) is 29.4. The highest BCUT2D eigenvalue weighted by Gasteiger charge is 2.30. The smallest absolute Gasteiger partial charge is 0.352 e. The Kier molecular flexibility index (Phi) is 9.36. The molecule has 0 aliphatic heterocycles. The minimum Gasteiger partial charge on any atom is -0.352 e. The van der Waals surface area contributed by atoms with Crippen LogP contribution in [0.3, 0.4) is 0 Å². The molecule has 0 bridgehead atoms. The third kappa shape index (κ3) is 9.26. The van der Waals surface area contributed by atoms with Gasteiger partial charge in [-0.05, 0) is 49.3 Å². The predicted octanol–water partition coefficient (Wildman–Crippen LogP) is 5.04. The maximum absolute atomic E-state index is 12.4. The van der Waals surface area contributed by atoms with Gasteiger partial charge in [-0.15, -0.1) is 0 Å². The lowest BCUT2D eigenvalue weighted by atomic mass is 9.97. The van der Waals surface area contributed by atoms with Crippen molar-refractivity contribution in [3.63, 3.8) is 0 Å². The summed E-state index contributed by atoms with van der Waals surface area (Å²) >= 11 is 0. The second kappa shape index (κ2) is 12.7. The van der Waals surface area contributed by atoms with E-state index in [1.807, 2.05) is 0 Å². The first-order valence-electron chi connectivity index (χ1n) is 13.3. The van der Waals surface area contributed by atoms with E-state index in [0.717, 1.165) is 19.3 Å². The molecular formula is C26H32F5N7O2. The van der Waals surface area contributed by atoms with Crippen LogP contribution in [-0.4, -0.2) is 48.6 Å². The van der Waals surface area contributed by atoms with Crippen LogP contribution in [0.2, 0.25) is 0 Å². The van der Waals surface area contributed by atoms with E-state index in [0.29, 0.717) is 47.7 Å². The Morgan fingerprint density at radius 3 is 2.48 bits per heavy atom. The number of hydrogen-bond donors (Lipinski definition) is 3. The molecule has 2 heterocycles. The van der Waals surface area contributed by atoms with E-state index in [-0.39, 0.29) is 37.7 Å². The number of aromatic nitrogens is 5. The zero-order valence-corrected chi connectivity index (χ0v) is 21.9. The summed E-state index contributed by atoms with van der Waals surface area (Å²) in [6.07, 6.45) is 0.194. The molecule has 3 N–H and O–H groups in total. The Hall–Kier alpha value is -3.58. The number of imidazole rings is 1. The number of amides is 2. The molecule has 40 heavy (non-hydrogen) atoms. The van der Waals surface area contributed by atoms with E-state index in [1.54, 1.807) is 22.9 Å². The van der Waals surface area contributed by atoms with Gasteiger partial charge in [0.1, 0.15) is 12.2 Å². The molecule has 0 saturated heterocycles. The van der Waals surface area contributed by atoms with Gasteiger partial charge in [-0.1, -0.05) is 12.5 Å². The average Bonchev–Trinajstić information content (AvgIpc) is 3.43. The van der Waals surface area contributed by atoms with E-state index in [9.17, 15) is 31.5 Å². The van der Waals surface area contributed by atoms with Crippen molar-refractivity contribution in [2.24, 2.45) is 5.92 Å². The van der Waals surface area contributed by atoms with Crippen LogP contribution in [0.15, 0.2) is 24.5 Å². The van der Waals surface area contributed by atoms with Gasteiger partial charge in [0, 0.05) is 32.4 Å².